The summed E-state index contributed by atoms with van der Waals surface area (Å²) in [4.78, 5) is 0. The summed E-state index contributed by atoms with van der Waals surface area (Å²) in [5.41, 5.74) is 2.52. The van der Waals surface area contributed by atoms with Gasteiger partial charge in [-0.15, -0.1) is 6.58 Å². The van der Waals surface area contributed by atoms with Gasteiger partial charge in [0.1, 0.15) is 0 Å². The van der Waals surface area contributed by atoms with Crippen LogP contribution >= 0.6 is 0 Å². The predicted octanol–water partition coefficient (Wildman–Crippen LogP) is 5.75. The standard InChI is InChI=1S/C23H36O/c1-5-15(2)19-8-9-20-18-7-6-16-14-17(24)10-12-22(16,3)21(18)11-13-23(19,20)4/h5,14-15,17-21,24H,1,6-13H2,2-4H3/t15?,17-,18-,19+,20-,21-,22-,23+/m0/s1. The Hall–Kier alpha value is -0.560. The molecular weight excluding hydrogens is 292 g/mol. The molecule has 0 heterocycles. The van der Waals surface area contributed by atoms with Crippen molar-refractivity contribution in [3.05, 3.63) is 24.3 Å². The van der Waals surface area contributed by atoms with E-state index in [0.29, 0.717) is 16.7 Å². The highest BCUT2D eigenvalue weighted by molar-refractivity contribution is 5.25. The molecule has 1 nitrogen and oxygen atoms in total. The van der Waals surface area contributed by atoms with Crippen LogP contribution in [0.3, 0.4) is 0 Å². The Kier molecular flexibility index (Phi) is 4.03. The molecule has 134 valence electrons. The summed E-state index contributed by atoms with van der Waals surface area (Å²) < 4.78 is 0. The molecule has 3 fully saturated rings. The van der Waals surface area contributed by atoms with Crippen LogP contribution in [0.25, 0.3) is 0 Å². The highest BCUT2D eigenvalue weighted by Crippen LogP contribution is 2.67. The first-order chi connectivity index (χ1) is 11.4. The van der Waals surface area contributed by atoms with E-state index in [-0.39, 0.29) is 6.10 Å². The minimum Gasteiger partial charge on any atom is -0.389 e. The van der Waals surface area contributed by atoms with Crippen LogP contribution in [0, 0.1) is 40.4 Å². The quantitative estimate of drug-likeness (QED) is 0.640. The second kappa shape index (κ2) is 5.73. The number of aliphatic hydroxyl groups excluding tert-OH is 1. The molecule has 0 bridgehead atoms. The van der Waals surface area contributed by atoms with Crippen molar-refractivity contribution < 1.29 is 5.11 Å². The fraction of sp³-hybridized carbons (Fsp3) is 0.826. The Balaban J connectivity index is 1.63. The molecule has 0 aromatic heterocycles. The highest BCUT2D eigenvalue weighted by Gasteiger charge is 2.59. The van der Waals surface area contributed by atoms with Crippen molar-refractivity contribution in [3.8, 4) is 0 Å². The average Bonchev–Trinajstić information content (AvgIpc) is 2.92. The van der Waals surface area contributed by atoms with Crippen LogP contribution in [0.4, 0.5) is 0 Å². The third kappa shape index (κ3) is 2.23. The van der Waals surface area contributed by atoms with Crippen molar-refractivity contribution in [2.24, 2.45) is 40.4 Å². The zero-order chi connectivity index (χ0) is 17.1. The van der Waals surface area contributed by atoms with Gasteiger partial charge in [0, 0.05) is 0 Å². The Morgan fingerprint density at radius 3 is 2.67 bits per heavy atom. The maximum absolute atomic E-state index is 10.1. The molecule has 1 heteroatoms. The zero-order valence-corrected chi connectivity index (χ0v) is 15.9. The van der Waals surface area contributed by atoms with Crippen LogP contribution in [0.2, 0.25) is 0 Å². The highest BCUT2D eigenvalue weighted by atomic mass is 16.3. The minimum atomic E-state index is -0.178. The molecule has 24 heavy (non-hydrogen) atoms. The van der Waals surface area contributed by atoms with Crippen LogP contribution < -0.4 is 0 Å². The van der Waals surface area contributed by atoms with E-state index in [1.165, 1.54) is 44.9 Å². The summed E-state index contributed by atoms with van der Waals surface area (Å²) in [6, 6.07) is 0. The fourth-order valence-electron chi connectivity index (χ4n) is 7.78. The van der Waals surface area contributed by atoms with Gasteiger partial charge in [-0.05, 0) is 91.8 Å². The molecule has 0 amide bonds. The Labute approximate surface area is 148 Å². The fourth-order valence-corrected chi connectivity index (χ4v) is 7.78. The van der Waals surface area contributed by atoms with Crippen molar-refractivity contribution in [2.75, 3.05) is 0 Å². The number of hydrogen-bond donors (Lipinski definition) is 1. The van der Waals surface area contributed by atoms with Gasteiger partial charge in [-0.2, -0.15) is 0 Å². The molecule has 0 saturated heterocycles. The van der Waals surface area contributed by atoms with E-state index < -0.39 is 0 Å². The molecule has 8 atom stereocenters. The topological polar surface area (TPSA) is 20.2 Å². The SMILES string of the molecule is C=CC(C)[C@H]1CC[C@H]2[C@@H]3CCC4=C[C@@H](O)CC[C@]4(C)[C@H]3CC[C@]12C. The van der Waals surface area contributed by atoms with E-state index in [4.69, 9.17) is 0 Å². The normalized spacial score (nSPS) is 51.8. The van der Waals surface area contributed by atoms with Gasteiger partial charge in [0.25, 0.3) is 0 Å². The molecule has 0 spiro atoms. The Bertz CT molecular complexity index is 548. The molecule has 0 aromatic carbocycles. The van der Waals surface area contributed by atoms with Crippen LogP contribution in [-0.4, -0.2) is 11.2 Å². The zero-order valence-electron chi connectivity index (χ0n) is 15.9. The lowest BCUT2D eigenvalue weighted by molar-refractivity contribution is -0.0594. The molecule has 1 unspecified atom stereocenters. The van der Waals surface area contributed by atoms with Gasteiger partial charge < -0.3 is 5.11 Å². The lowest BCUT2D eigenvalue weighted by Gasteiger charge is -2.59. The summed E-state index contributed by atoms with van der Waals surface area (Å²) >= 11 is 0. The number of allylic oxidation sites excluding steroid dienone is 2. The number of fused-ring (bicyclic) bond motifs is 5. The Morgan fingerprint density at radius 2 is 1.92 bits per heavy atom. The first-order valence-corrected chi connectivity index (χ1v) is 10.4. The van der Waals surface area contributed by atoms with Gasteiger partial charge in [-0.3, -0.25) is 0 Å². The van der Waals surface area contributed by atoms with Crippen molar-refractivity contribution in [3.63, 3.8) is 0 Å². The van der Waals surface area contributed by atoms with E-state index in [0.717, 1.165) is 30.1 Å². The third-order valence-corrected chi connectivity index (χ3v) is 9.17. The molecule has 3 saturated carbocycles. The molecule has 0 aromatic rings. The van der Waals surface area contributed by atoms with E-state index in [1.54, 1.807) is 5.57 Å². The Morgan fingerprint density at radius 1 is 1.12 bits per heavy atom. The monoisotopic (exact) mass is 328 g/mol. The third-order valence-electron chi connectivity index (χ3n) is 9.17. The molecule has 4 aliphatic rings. The largest absolute Gasteiger partial charge is 0.389 e. The number of aliphatic hydroxyl groups is 1. The van der Waals surface area contributed by atoms with Gasteiger partial charge in [-0.1, -0.05) is 38.5 Å². The van der Waals surface area contributed by atoms with Gasteiger partial charge in [0.15, 0.2) is 0 Å². The maximum Gasteiger partial charge on any atom is 0.0724 e. The summed E-state index contributed by atoms with van der Waals surface area (Å²) in [5, 5.41) is 10.1. The van der Waals surface area contributed by atoms with Crippen LogP contribution in [0.1, 0.15) is 72.1 Å². The molecular formula is C23H36O. The summed E-state index contributed by atoms with van der Waals surface area (Å²) in [7, 11) is 0. The van der Waals surface area contributed by atoms with Crippen molar-refractivity contribution in [1.29, 1.82) is 0 Å². The van der Waals surface area contributed by atoms with Crippen LogP contribution in [-0.2, 0) is 0 Å². The molecule has 1 N–H and O–H groups in total. The molecule has 4 aliphatic carbocycles. The first kappa shape index (κ1) is 16.9. The van der Waals surface area contributed by atoms with Crippen molar-refractivity contribution in [2.45, 2.75) is 78.2 Å². The number of rotatable bonds is 2. The van der Waals surface area contributed by atoms with Gasteiger partial charge in [0.2, 0.25) is 0 Å². The number of hydrogen-bond acceptors (Lipinski definition) is 1. The molecule has 0 aliphatic heterocycles. The maximum atomic E-state index is 10.1. The second-order valence-corrected chi connectivity index (χ2v) is 9.95. The summed E-state index contributed by atoms with van der Waals surface area (Å²) in [6.45, 7) is 11.6. The van der Waals surface area contributed by atoms with Crippen molar-refractivity contribution >= 4 is 0 Å². The first-order valence-electron chi connectivity index (χ1n) is 10.4. The van der Waals surface area contributed by atoms with Crippen molar-refractivity contribution in [1.82, 2.24) is 0 Å². The van der Waals surface area contributed by atoms with E-state index >= 15 is 0 Å². The molecule has 0 radical (unpaired) electrons. The van der Waals surface area contributed by atoms with Gasteiger partial charge in [-0.25, -0.2) is 0 Å². The average molecular weight is 329 g/mol. The lowest BCUT2D eigenvalue weighted by atomic mass is 9.46. The van der Waals surface area contributed by atoms with E-state index in [2.05, 4.69) is 39.5 Å². The predicted molar refractivity (Wildman–Crippen MR) is 101 cm³/mol. The minimum absolute atomic E-state index is 0.178. The molecule has 4 rings (SSSR count). The van der Waals surface area contributed by atoms with E-state index in [1.807, 2.05) is 0 Å². The summed E-state index contributed by atoms with van der Waals surface area (Å²) in [6.07, 6.45) is 14.7. The van der Waals surface area contributed by atoms with Gasteiger partial charge >= 0.3 is 0 Å². The summed E-state index contributed by atoms with van der Waals surface area (Å²) in [5.74, 6) is 4.22. The van der Waals surface area contributed by atoms with Gasteiger partial charge in [0.05, 0.1) is 6.10 Å². The van der Waals surface area contributed by atoms with Crippen LogP contribution in [0.15, 0.2) is 24.3 Å². The smallest absolute Gasteiger partial charge is 0.0724 e. The second-order valence-electron chi connectivity index (χ2n) is 9.95. The van der Waals surface area contributed by atoms with Crippen LogP contribution in [0.5, 0.6) is 0 Å². The van der Waals surface area contributed by atoms with E-state index in [9.17, 15) is 5.11 Å². The lowest BCUT2D eigenvalue weighted by Crippen LogP contribution is -2.51.